The van der Waals surface area contributed by atoms with E-state index in [9.17, 15) is 14.4 Å². The monoisotopic (exact) mass is 461 g/mol. The van der Waals surface area contributed by atoms with E-state index in [2.05, 4.69) is 30.7 Å². The number of ether oxygens (including phenoxy) is 3. The Bertz CT molecular complexity index is 936. The van der Waals surface area contributed by atoms with Crippen molar-refractivity contribution in [2.45, 2.75) is 6.92 Å². The SMILES string of the molecule is COC(=O)C(=Cc1cc(Br)ccc1OCC(=O)Nc1cccc(C)c1)C(=O)OC. The van der Waals surface area contributed by atoms with Crippen LogP contribution >= 0.6 is 15.9 Å². The Hall–Kier alpha value is -3.13. The summed E-state index contributed by atoms with van der Waals surface area (Å²) in [7, 11) is 2.32. The number of amides is 1. The Labute approximate surface area is 176 Å². The Morgan fingerprint density at radius 2 is 1.72 bits per heavy atom. The molecule has 0 aliphatic rings. The van der Waals surface area contributed by atoms with E-state index in [1.165, 1.54) is 6.08 Å². The average molecular weight is 462 g/mol. The highest BCUT2D eigenvalue weighted by atomic mass is 79.9. The normalized spacial score (nSPS) is 9.93. The first-order valence-electron chi connectivity index (χ1n) is 8.51. The van der Waals surface area contributed by atoms with E-state index in [0.29, 0.717) is 21.5 Å². The van der Waals surface area contributed by atoms with E-state index in [4.69, 9.17) is 4.74 Å². The van der Waals surface area contributed by atoms with E-state index < -0.39 is 11.9 Å². The van der Waals surface area contributed by atoms with Crippen LogP contribution in [0.25, 0.3) is 6.08 Å². The van der Waals surface area contributed by atoms with Crippen LogP contribution in [-0.4, -0.2) is 38.7 Å². The molecule has 0 spiro atoms. The molecule has 0 aliphatic heterocycles. The van der Waals surface area contributed by atoms with E-state index in [0.717, 1.165) is 19.8 Å². The molecule has 152 valence electrons. The summed E-state index contributed by atoms with van der Waals surface area (Å²) >= 11 is 3.33. The quantitative estimate of drug-likeness (QED) is 0.293. The summed E-state index contributed by atoms with van der Waals surface area (Å²) in [6.45, 7) is 1.66. The van der Waals surface area contributed by atoms with Crippen LogP contribution in [0.15, 0.2) is 52.5 Å². The lowest BCUT2D eigenvalue weighted by molar-refractivity contribution is -0.143. The van der Waals surface area contributed by atoms with Gasteiger partial charge < -0.3 is 19.5 Å². The summed E-state index contributed by atoms with van der Waals surface area (Å²) in [5.74, 6) is -1.74. The van der Waals surface area contributed by atoms with Crippen LogP contribution in [0.3, 0.4) is 0 Å². The predicted molar refractivity (Wildman–Crippen MR) is 111 cm³/mol. The maximum absolute atomic E-state index is 12.2. The number of hydrogen-bond acceptors (Lipinski definition) is 6. The number of halogens is 1. The fourth-order valence-electron chi connectivity index (χ4n) is 2.40. The molecule has 2 aromatic carbocycles. The van der Waals surface area contributed by atoms with Gasteiger partial charge in [-0.3, -0.25) is 4.79 Å². The van der Waals surface area contributed by atoms with E-state index in [1.807, 2.05) is 25.1 Å². The molecule has 0 saturated heterocycles. The molecule has 2 rings (SSSR count). The fourth-order valence-corrected chi connectivity index (χ4v) is 2.78. The molecule has 1 N–H and O–H groups in total. The highest BCUT2D eigenvalue weighted by molar-refractivity contribution is 9.10. The summed E-state index contributed by atoms with van der Waals surface area (Å²) in [5, 5.41) is 2.74. The Morgan fingerprint density at radius 3 is 2.34 bits per heavy atom. The average Bonchev–Trinajstić information content (AvgIpc) is 2.70. The molecule has 8 heteroatoms. The van der Waals surface area contributed by atoms with Crippen molar-refractivity contribution in [3.05, 3.63) is 63.6 Å². The van der Waals surface area contributed by atoms with Crippen molar-refractivity contribution in [2.24, 2.45) is 0 Å². The number of carbonyl (C=O) groups is 3. The lowest BCUT2D eigenvalue weighted by Crippen LogP contribution is -2.20. The Balaban J connectivity index is 2.21. The maximum Gasteiger partial charge on any atom is 0.345 e. The number of nitrogens with one attached hydrogen (secondary N) is 1. The molecule has 0 bridgehead atoms. The van der Waals surface area contributed by atoms with E-state index >= 15 is 0 Å². The van der Waals surface area contributed by atoms with Gasteiger partial charge in [-0.05, 0) is 48.9 Å². The Morgan fingerprint density at radius 1 is 1.03 bits per heavy atom. The summed E-state index contributed by atoms with van der Waals surface area (Å²) < 4.78 is 15.5. The third-order valence-electron chi connectivity index (χ3n) is 3.74. The zero-order valence-corrected chi connectivity index (χ0v) is 17.7. The standard InChI is InChI=1S/C21H20BrNO6/c1-13-5-4-6-16(9-13)23-19(24)12-29-18-8-7-15(22)10-14(18)11-17(20(25)27-2)21(26)28-3/h4-11H,12H2,1-3H3,(H,23,24). The third kappa shape index (κ3) is 6.46. The number of anilines is 1. The highest BCUT2D eigenvalue weighted by Crippen LogP contribution is 2.26. The van der Waals surface area contributed by atoms with Gasteiger partial charge >= 0.3 is 11.9 Å². The smallest absolute Gasteiger partial charge is 0.345 e. The first kappa shape index (κ1) is 22.2. The topological polar surface area (TPSA) is 90.9 Å². The van der Waals surface area contributed by atoms with Gasteiger partial charge in [-0.1, -0.05) is 28.1 Å². The molecule has 0 radical (unpaired) electrons. The fraction of sp³-hybridized carbons (Fsp3) is 0.190. The maximum atomic E-state index is 12.2. The Kier molecular flexibility index (Phi) is 7.97. The molecule has 0 unspecified atom stereocenters. The van der Waals surface area contributed by atoms with Crippen LogP contribution in [0.2, 0.25) is 0 Å². The molecule has 29 heavy (non-hydrogen) atoms. The van der Waals surface area contributed by atoms with Crippen molar-refractivity contribution in [3.8, 4) is 5.75 Å². The molecule has 0 heterocycles. The molecule has 0 fully saturated rings. The van der Waals surface area contributed by atoms with Gasteiger partial charge in [0.2, 0.25) is 0 Å². The molecule has 2 aromatic rings. The van der Waals surface area contributed by atoms with Crippen LogP contribution in [-0.2, 0) is 23.9 Å². The second-order valence-corrected chi connectivity index (χ2v) is 6.85. The van der Waals surface area contributed by atoms with Gasteiger partial charge in [0.25, 0.3) is 5.91 Å². The zero-order valence-electron chi connectivity index (χ0n) is 16.2. The first-order chi connectivity index (χ1) is 13.8. The van der Waals surface area contributed by atoms with Crippen LogP contribution in [0.1, 0.15) is 11.1 Å². The van der Waals surface area contributed by atoms with Gasteiger partial charge in [0.05, 0.1) is 14.2 Å². The van der Waals surface area contributed by atoms with Crippen LogP contribution in [0, 0.1) is 6.92 Å². The van der Waals surface area contributed by atoms with Gasteiger partial charge in [-0.25, -0.2) is 9.59 Å². The van der Waals surface area contributed by atoms with E-state index in [-0.39, 0.29) is 18.1 Å². The summed E-state index contributed by atoms with van der Waals surface area (Å²) in [6, 6.07) is 12.3. The summed E-state index contributed by atoms with van der Waals surface area (Å²) in [5.41, 5.74) is 1.77. The minimum Gasteiger partial charge on any atom is -0.483 e. The zero-order chi connectivity index (χ0) is 21.4. The molecule has 7 nitrogen and oxygen atoms in total. The predicted octanol–water partition coefficient (Wildman–Crippen LogP) is 3.50. The van der Waals surface area contributed by atoms with Gasteiger partial charge in [0.15, 0.2) is 6.61 Å². The highest BCUT2D eigenvalue weighted by Gasteiger charge is 2.21. The molecule has 0 aromatic heterocycles. The van der Waals surface area contributed by atoms with Crippen molar-refractivity contribution in [3.63, 3.8) is 0 Å². The number of benzene rings is 2. The third-order valence-corrected chi connectivity index (χ3v) is 4.24. The lowest BCUT2D eigenvalue weighted by Gasteiger charge is -2.11. The van der Waals surface area contributed by atoms with Crippen molar-refractivity contribution >= 4 is 45.5 Å². The van der Waals surface area contributed by atoms with Crippen molar-refractivity contribution in [2.75, 3.05) is 26.1 Å². The van der Waals surface area contributed by atoms with Crippen molar-refractivity contribution in [1.82, 2.24) is 0 Å². The van der Waals surface area contributed by atoms with Crippen LogP contribution in [0.5, 0.6) is 5.75 Å². The van der Waals surface area contributed by atoms with Gasteiger partial charge in [-0.15, -0.1) is 0 Å². The number of esters is 2. The number of carbonyl (C=O) groups excluding carboxylic acids is 3. The largest absolute Gasteiger partial charge is 0.483 e. The number of rotatable bonds is 7. The molecular formula is C21H20BrNO6. The van der Waals surface area contributed by atoms with Crippen LogP contribution in [0.4, 0.5) is 5.69 Å². The number of aryl methyl sites for hydroxylation is 1. The van der Waals surface area contributed by atoms with Crippen LogP contribution < -0.4 is 10.1 Å². The van der Waals surface area contributed by atoms with E-state index in [1.54, 1.807) is 24.3 Å². The van der Waals surface area contributed by atoms with Gasteiger partial charge in [-0.2, -0.15) is 0 Å². The minimum atomic E-state index is -0.847. The molecule has 0 saturated carbocycles. The lowest BCUT2D eigenvalue weighted by atomic mass is 10.1. The number of hydrogen-bond donors (Lipinski definition) is 1. The molecule has 0 atom stereocenters. The van der Waals surface area contributed by atoms with Crippen molar-refractivity contribution in [1.29, 1.82) is 0 Å². The summed E-state index contributed by atoms with van der Waals surface area (Å²) in [4.78, 5) is 36.0. The molecule has 1 amide bonds. The van der Waals surface area contributed by atoms with Crippen molar-refractivity contribution < 1.29 is 28.6 Å². The second-order valence-electron chi connectivity index (χ2n) is 5.93. The van der Waals surface area contributed by atoms with Gasteiger partial charge in [0, 0.05) is 15.7 Å². The van der Waals surface area contributed by atoms with Gasteiger partial charge in [0.1, 0.15) is 11.3 Å². The second kappa shape index (κ2) is 10.4. The first-order valence-corrected chi connectivity index (χ1v) is 9.30. The molecule has 0 aliphatic carbocycles. The molecular weight excluding hydrogens is 442 g/mol. The summed E-state index contributed by atoms with van der Waals surface area (Å²) in [6.07, 6.45) is 1.29. The number of methoxy groups -OCH3 is 2. The minimum absolute atomic E-state index is 0.262.